The van der Waals surface area contributed by atoms with Crippen LogP contribution in [0, 0.1) is 5.92 Å². The maximum absolute atomic E-state index is 10.0. The molecule has 3 aliphatic rings. The fraction of sp³-hybridized carbons (Fsp3) is 1.00. The highest BCUT2D eigenvalue weighted by molar-refractivity contribution is 5.02. The van der Waals surface area contributed by atoms with Crippen LogP contribution in [0.5, 0.6) is 0 Å². The molecule has 1 N–H and O–H groups in total. The molecule has 3 fully saturated rings. The largest absolute Gasteiger partial charge is 0.387 e. The molecule has 1 saturated carbocycles. The Bertz CT molecular complexity index is 159. The lowest BCUT2D eigenvalue weighted by molar-refractivity contribution is -0.271. The first kappa shape index (κ1) is 7.56. The van der Waals surface area contributed by atoms with Crippen molar-refractivity contribution in [3.63, 3.8) is 0 Å². The minimum atomic E-state index is -0.552. The molecule has 2 aliphatic heterocycles. The van der Waals surface area contributed by atoms with Crippen molar-refractivity contribution in [2.45, 2.75) is 50.9 Å². The molecule has 2 nitrogen and oxygen atoms in total. The molecule has 0 radical (unpaired) electrons. The van der Waals surface area contributed by atoms with E-state index in [0.717, 1.165) is 19.3 Å². The summed E-state index contributed by atoms with van der Waals surface area (Å²) >= 11 is 0. The second-order valence-corrected chi connectivity index (χ2v) is 4.05. The van der Waals surface area contributed by atoms with Crippen LogP contribution < -0.4 is 0 Å². The van der Waals surface area contributed by atoms with Gasteiger partial charge in [-0.15, -0.1) is 0 Å². The monoisotopic (exact) mass is 156 g/mol. The Hall–Kier alpha value is -0.0800. The maximum Gasteiger partial charge on any atom is 0.0910 e. The predicted octanol–water partition coefficient (Wildman–Crippen LogP) is 1.32. The lowest BCUT2D eigenvalue weighted by Gasteiger charge is -2.54. The zero-order valence-electron chi connectivity index (χ0n) is 7.21. The van der Waals surface area contributed by atoms with E-state index < -0.39 is 5.60 Å². The van der Waals surface area contributed by atoms with Crippen molar-refractivity contribution in [3.05, 3.63) is 0 Å². The summed E-state index contributed by atoms with van der Waals surface area (Å²) in [5, 5.41) is 10.0. The molecule has 1 aliphatic carbocycles. The summed E-state index contributed by atoms with van der Waals surface area (Å²) in [6.07, 6.45) is 3.80. The van der Waals surface area contributed by atoms with Crippen LogP contribution in [0.3, 0.4) is 0 Å². The van der Waals surface area contributed by atoms with Gasteiger partial charge in [0, 0.05) is 6.42 Å². The molecule has 11 heavy (non-hydrogen) atoms. The van der Waals surface area contributed by atoms with E-state index in [9.17, 15) is 5.11 Å². The van der Waals surface area contributed by atoms with Crippen molar-refractivity contribution in [1.29, 1.82) is 0 Å². The van der Waals surface area contributed by atoms with Crippen molar-refractivity contribution < 1.29 is 9.84 Å². The van der Waals surface area contributed by atoms with Gasteiger partial charge in [0.05, 0.1) is 17.8 Å². The van der Waals surface area contributed by atoms with Gasteiger partial charge in [-0.2, -0.15) is 0 Å². The van der Waals surface area contributed by atoms with E-state index in [-0.39, 0.29) is 6.10 Å². The molecule has 0 aromatic heterocycles. The molecular formula is C9H16O2. The SMILES string of the molecule is CCC1C[C@@H]2C[C@@H](O2)C1(C)O. The first-order chi connectivity index (χ1) is 5.14. The standard InChI is InChI=1S/C9H16O2/c1-3-6-4-7-5-8(11-7)9(6,2)10/h6-8,10H,3-5H2,1-2H3/t6?,7-,8-,9?/m1/s1. The van der Waals surface area contributed by atoms with Crippen molar-refractivity contribution in [3.8, 4) is 0 Å². The normalized spacial score (nSPS) is 55.4. The van der Waals surface area contributed by atoms with E-state index in [1.165, 1.54) is 0 Å². The summed E-state index contributed by atoms with van der Waals surface area (Å²) in [6, 6.07) is 0. The van der Waals surface area contributed by atoms with Gasteiger partial charge in [0.2, 0.25) is 0 Å². The van der Waals surface area contributed by atoms with Gasteiger partial charge < -0.3 is 9.84 Å². The van der Waals surface area contributed by atoms with Gasteiger partial charge >= 0.3 is 0 Å². The Kier molecular flexibility index (Phi) is 1.52. The van der Waals surface area contributed by atoms with Gasteiger partial charge in [0.1, 0.15) is 0 Å². The van der Waals surface area contributed by atoms with Crippen LogP contribution in [0.4, 0.5) is 0 Å². The van der Waals surface area contributed by atoms with Crippen LogP contribution >= 0.6 is 0 Å². The highest BCUT2D eigenvalue weighted by Gasteiger charge is 2.53. The number of rotatable bonds is 1. The van der Waals surface area contributed by atoms with Gasteiger partial charge in [-0.1, -0.05) is 13.3 Å². The van der Waals surface area contributed by atoms with Gasteiger partial charge in [-0.3, -0.25) is 0 Å². The third kappa shape index (κ3) is 0.926. The molecule has 0 amide bonds. The van der Waals surface area contributed by atoms with E-state index in [4.69, 9.17) is 4.74 Å². The van der Waals surface area contributed by atoms with Crippen molar-refractivity contribution in [2.75, 3.05) is 0 Å². The number of aliphatic hydroxyl groups is 1. The summed E-state index contributed by atoms with van der Waals surface area (Å²) in [6.45, 7) is 4.06. The average molecular weight is 156 g/mol. The van der Waals surface area contributed by atoms with Gasteiger partial charge in [0.15, 0.2) is 0 Å². The fourth-order valence-electron chi connectivity index (χ4n) is 2.39. The Morgan fingerprint density at radius 1 is 1.55 bits per heavy atom. The van der Waals surface area contributed by atoms with E-state index in [0.29, 0.717) is 12.0 Å². The highest BCUT2D eigenvalue weighted by Crippen LogP contribution is 2.46. The molecule has 2 heteroatoms. The summed E-state index contributed by atoms with van der Waals surface area (Å²) in [7, 11) is 0. The van der Waals surface area contributed by atoms with Crippen LogP contribution in [-0.4, -0.2) is 22.9 Å². The van der Waals surface area contributed by atoms with Crippen molar-refractivity contribution in [1.82, 2.24) is 0 Å². The second kappa shape index (κ2) is 2.20. The first-order valence-electron chi connectivity index (χ1n) is 4.52. The smallest absolute Gasteiger partial charge is 0.0910 e. The first-order valence-corrected chi connectivity index (χ1v) is 4.52. The molecule has 2 unspecified atom stereocenters. The number of hydrogen-bond acceptors (Lipinski definition) is 2. The molecule has 64 valence electrons. The third-order valence-corrected chi connectivity index (χ3v) is 3.35. The number of hydrogen-bond donors (Lipinski definition) is 1. The Balaban J connectivity index is 2.12. The van der Waals surface area contributed by atoms with E-state index >= 15 is 0 Å². The summed E-state index contributed by atoms with van der Waals surface area (Å²) < 4.78 is 5.47. The molecular weight excluding hydrogens is 140 g/mol. The van der Waals surface area contributed by atoms with Crippen LogP contribution in [0.1, 0.15) is 33.1 Å². The average Bonchev–Trinajstić information content (AvgIpc) is 1.83. The third-order valence-electron chi connectivity index (χ3n) is 3.35. The Labute approximate surface area is 67.6 Å². The highest BCUT2D eigenvalue weighted by atomic mass is 16.5. The number of ether oxygens (including phenoxy) is 1. The van der Waals surface area contributed by atoms with Gasteiger partial charge in [-0.25, -0.2) is 0 Å². The van der Waals surface area contributed by atoms with Crippen LogP contribution in [0.2, 0.25) is 0 Å². The predicted molar refractivity (Wildman–Crippen MR) is 42.3 cm³/mol. The zero-order valence-corrected chi connectivity index (χ0v) is 7.21. The van der Waals surface area contributed by atoms with Crippen LogP contribution in [0.25, 0.3) is 0 Å². The van der Waals surface area contributed by atoms with Crippen LogP contribution in [0.15, 0.2) is 0 Å². The molecule has 4 atom stereocenters. The van der Waals surface area contributed by atoms with Gasteiger partial charge in [0.25, 0.3) is 0 Å². The Morgan fingerprint density at radius 3 is 2.55 bits per heavy atom. The molecule has 0 aromatic rings. The zero-order chi connectivity index (χ0) is 8.06. The maximum atomic E-state index is 10.0. The number of fused-ring (bicyclic) bond motifs is 2. The fourth-order valence-corrected chi connectivity index (χ4v) is 2.39. The van der Waals surface area contributed by atoms with Crippen molar-refractivity contribution >= 4 is 0 Å². The topological polar surface area (TPSA) is 29.5 Å². The van der Waals surface area contributed by atoms with E-state index in [1.54, 1.807) is 0 Å². The molecule has 2 bridgehead atoms. The lowest BCUT2D eigenvalue weighted by Crippen LogP contribution is -2.62. The molecule has 3 rings (SSSR count). The van der Waals surface area contributed by atoms with E-state index in [2.05, 4.69) is 6.92 Å². The second-order valence-electron chi connectivity index (χ2n) is 4.05. The van der Waals surface area contributed by atoms with Crippen molar-refractivity contribution in [2.24, 2.45) is 5.92 Å². The quantitative estimate of drug-likeness (QED) is 0.620. The minimum absolute atomic E-state index is 0.131. The summed E-state index contributed by atoms with van der Waals surface area (Å²) in [5.41, 5.74) is -0.552. The van der Waals surface area contributed by atoms with E-state index in [1.807, 2.05) is 6.92 Å². The molecule has 2 heterocycles. The summed E-state index contributed by atoms with van der Waals surface area (Å²) in [5.74, 6) is 0.458. The van der Waals surface area contributed by atoms with Gasteiger partial charge in [-0.05, 0) is 19.3 Å². The van der Waals surface area contributed by atoms with Crippen LogP contribution in [-0.2, 0) is 4.74 Å². The minimum Gasteiger partial charge on any atom is -0.387 e. The Morgan fingerprint density at radius 2 is 2.18 bits per heavy atom. The molecule has 0 aromatic carbocycles. The molecule has 0 spiro atoms. The summed E-state index contributed by atoms with van der Waals surface area (Å²) in [4.78, 5) is 0. The molecule has 2 saturated heterocycles. The lowest BCUT2D eigenvalue weighted by atomic mass is 9.69.